The van der Waals surface area contributed by atoms with Crippen LogP contribution in [0.4, 0.5) is 5.69 Å². The lowest BCUT2D eigenvalue weighted by molar-refractivity contribution is 0.154. The molecule has 3 heteroatoms. The minimum absolute atomic E-state index is 0.282. The molecule has 0 unspecified atom stereocenters. The first-order chi connectivity index (χ1) is 8.22. The van der Waals surface area contributed by atoms with Crippen LogP contribution < -0.4 is 4.90 Å². The van der Waals surface area contributed by atoms with Gasteiger partial charge in [0.1, 0.15) is 0 Å². The first kappa shape index (κ1) is 12.4. The molecule has 0 radical (unpaired) electrons. The topological polar surface area (TPSA) is 26.7 Å². The van der Waals surface area contributed by atoms with E-state index in [1.165, 1.54) is 17.7 Å². The van der Waals surface area contributed by atoms with Gasteiger partial charge < -0.3 is 10.0 Å². The van der Waals surface area contributed by atoms with Crippen LogP contribution in [0.1, 0.15) is 18.4 Å². The second-order valence-electron chi connectivity index (χ2n) is 4.97. The number of likely N-dealkylation sites (tertiary alicyclic amines) is 1. The number of anilines is 1. The predicted molar refractivity (Wildman–Crippen MR) is 71.3 cm³/mol. The van der Waals surface area contributed by atoms with E-state index in [1.807, 2.05) is 0 Å². The zero-order chi connectivity index (χ0) is 12.3. The monoisotopic (exact) mass is 234 g/mol. The number of nitrogens with zero attached hydrogens (tertiary/aromatic N) is 2. The Balaban J connectivity index is 2.12. The average Bonchev–Trinajstić information content (AvgIpc) is 2.77. The van der Waals surface area contributed by atoms with Crippen LogP contribution in [0.15, 0.2) is 24.3 Å². The number of aliphatic hydroxyl groups is 1. The third kappa shape index (κ3) is 2.79. The third-order valence-electron chi connectivity index (χ3n) is 3.56. The van der Waals surface area contributed by atoms with Crippen LogP contribution in [0.25, 0.3) is 0 Å². The highest BCUT2D eigenvalue weighted by Crippen LogP contribution is 2.24. The maximum Gasteiger partial charge on any atom is 0.0587 e. The Morgan fingerprint density at radius 3 is 2.82 bits per heavy atom. The molecule has 1 fully saturated rings. The highest BCUT2D eigenvalue weighted by molar-refractivity contribution is 5.52. The van der Waals surface area contributed by atoms with Crippen molar-refractivity contribution in [3.05, 3.63) is 29.8 Å². The molecule has 0 saturated carbocycles. The maximum absolute atomic E-state index is 9.34. The van der Waals surface area contributed by atoms with Crippen LogP contribution >= 0.6 is 0 Å². The molecule has 1 aliphatic heterocycles. The Hall–Kier alpha value is -1.06. The molecule has 1 atom stereocenters. The number of hydrogen-bond donors (Lipinski definition) is 1. The molecule has 3 nitrogen and oxygen atoms in total. The molecule has 1 N–H and O–H groups in total. The van der Waals surface area contributed by atoms with Crippen molar-refractivity contribution in [3.63, 3.8) is 0 Å². The van der Waals surface area contributed by atoms with Crippen molar-refractivity contribution in [2.75, 3.05) is 32.1 Å². The molecule has 1 aromatic carbocycles. The summed E-state index contributed by atoms with van der Waals surface area (Å²) in [6, 6.07) is 8.85. The summed E-state index contributed by atoms with van der Waals surface area (Å²) in [5, 5.41) is 9.34. The van der Waals surface area contributed by atoms with Crippen molar-refractivity contribution < 1.29 is 5.11 Å². The molecule has 0 spiro atoms. The molecule has 0 amide bonds. The van der Waals surface area contributed by atoms with Crippen LogP contribution in [-0.4, -0.2) is 43.3 Å². The number of aliphatic hydroxyl groups excluding tert-OH is 1. The summed E-state index contributed by atoms with van der Waals surface area (Å²) in [4.78, 5) is 4.54. The lowest BCUT2D eigenvalue weighted by atomic mass is 10.1. The van der Waals surface area contributed by atoms with Gasteiger partial charge in [-0.2, -0.15) is 0 Å². The first-order valence-electron chi connectivity index (χ1n) is 6.32. The summed E-state index contributed by atoms with van der Waals surface area (Å²) in [5.41, 5.74) is 2.62. The summed E-state index contributed by atoms with van der Waals surface area (Å²) < 4.78 is 0. The number of benzene rings is 1. The number of rotatable bonds is 4. The zero-order valence-corrected chi connectivity index (χ0v) is 10.8. The van der Waals surface area contributed by atoms with E-state index in [0.29, 0.717) is 6.04 Å². The fraction of sp³-hybridized carbons (Fsp3) is 0.571. The largest absolute Gasteiger partial charge is 0.395 e. The van der Waals surface area contributed by atoms with Crippen LogP contribution in [0.3, 0.4) is 0 Å². The molecule has 0 bridgehead atoms. The normalized spacial score (nSPS) is 20.8. The maximum atomic E-state index is 9.34. The predicted octanol–water partition coefficient (Wildman–Crippen LogP) is 1.71. The van der Waals surface area contributed by atoms with Gasteiger partial charge in [0.25, 0.3) is 0 Å². The van der Waals surface area contributed by atoms with Crippen molar-refractivity contribution >= 4 is 5.69 Å². The van der Waals surface area contributed by atoms with E-state index >= 15 is 0 Å². The summed E-state index contributed by atoms with van der Waals surface area (Å²) in [6.45, 7) is 2.33. The molecule has 0 aromatic heterocycles. The van der Waals surface area contributed by atoms with Gasteiger partial charge >= 0.3 is 0 Å². The Morgan fingerprint density at radius 2 is 2.12 bits per heavy atom. The highest BCUT2D eigenvalue weighted by Gasteiger charge is 2.24. The Kier molecular flexibility index (Phi) is 4.02. The molecular formula is C14H22N2O. The first-order valence-corrected chi connectivity index (χ1v) is 6.32. The fourth-order valence-electron chi connectivity index (χ4n) is 2.61. The molecule has 2 rings (SSSR count). The average molecular weight is 234 g/mol. The van der Waals surface area contributed by atoms with Gasteiger partial charge in [-0.15, -0.1) is 0 Å². The van der Waals surface area contributed by atoms with Gasteiger partial charge in [0.05, 0.1) is 6.61 Å². The Labute approximate surface area is 104 Å². The van der Waals surface area contributed by atoms with Crippen LogP contribution in [0.2, 0.25) is 0 Å². The van der Waals surface area contributed by atoms with E-state index < -0.39 is 0 Å². The standard InChI is InChI=1S/C14H22N2O/c1-15(2)14-8-4-3-6-12(14)10-16-9-5-7-13(16)11-17/h3-4,6,8,13,17H,5,7,9-11H2,1-2H3/t13-/m1/s1. The smallest absolute Gasteiger partial charge is 0.0587 e. The van der Waals surface area contributed by atoms with Crippen molar-refractivity contribution in [2.45, 2.75) is 25.4 Å². The van der Waals surface area contributed by atoms with Crippen molar-refractivity contribution in [1.82, 2.24) is 4.90 Å². The van der Waals surface area contributed by atoms with E-state index in [0.717, 1.165) is 19.5 Å². The molecule has 1 aliphatic rings. The van der Waals surface area contributed by atoms with Gasteiger partial charge in [-0.25, -0.2) is 0 Å². The summed E-state index contributed by atoms with van der Waals surface area (Å²) in [5.74, 6) is 0. The van der Waals surface area contributed by atoms with E-state index in [4.69, 9.17) is 0 Å². The van der Waals surface area contributed by atoms with Crippen molar-refractivity contribution in [2.24, 2.45) is 0 Å². The fourth-order valence-corrected chi connectivity index (χ4v) is 2.61. The number of para-hydroxylation sites is 1. The van der Waals surface area contributed by atoms with Crippen LogP contribution in [0.5, 0.6) is 0 Å². The SMILES string of the molecule is CN(C)c1ccccc1CN1CCC[C@@H]1CO. The minimum Gasteiger partial charge on any atom is -0.395 e. The van der Waals surface area contributed by atoms with Gasteiger partial charge in [0.15, 0.2) is 0 Å². The van der Waals surface area contributed by atoms with Crippen molar-refractivity contribution in [1.29, 1.82) is 0 Å². The Morgan fingerprint density at radius 1 is 1.35 bits per heavy atom. The van der Waals surface area contributed by atoms with Gasteiger partial charge in [-0.3, -0.25) is 4.90 Å². The quantitative estimate of drug-likeness (QED) is 0.859. The summed E-state index contributed by atoms with van der Waals surface area (Å²) in [6.07, 6.45) is 2.33. The van der Waals surface area contributed by atoms with Crippen LogP contribution in [-0.2, 0) is 6.54 Å². The molecule has 0 aliphatic carbocycles. The summed E-state index contributed by atoms with van der Waals surface area (Å²) >= 11 is 0. The van der Waals surface area contributed by atoms with E-state index in [1.54, 1.807) is 0 Å². The van der Waals surface area contributed by atoms with Crippen molar-refractivity contribution in [3.8, 4) is 0 Å². The molecule has 1 heterocycles. The molecule has 17 heavy (non-hydrogen) atoms. The lowest BCUT2D eigenvalue weighted by Crippen LogP contribution is -2.32. The van der Waals surface area contributed by atoms with Gasteiger partial charge in [0.2, 0.25) is 0 Å². The van der Waals surface area contributed by atoms with Gasteiger partial charge in [-0.1, -0.05) is 18.2 Å². The van der Waals surface area contributed by atoms with E-state index in [9.17, 15) is 5.11 Å². The third-order valence-corrected chi connectivity index (χ3v) is 3.56. The highest BCUT2D eigenvalue weighted by atomic mass is 16.3. The second kappa shape index (κ2) is 5.52. The van der Waals surface area contributed by atoms with Gasteiger partial charge in [0, 0.05) is 32.4 Å². The van der Waals surface area contributed by atoms with Gasteiger partial charge in [-0.05, 0) is 31.0 Å². The summed E-state index contributed by atoms with van der Waals surface area (Å²) in [7, 11) is 4.15. The molecular weight excluding hydrogens is 212 g/mol. The minimum atomic E-state index is 0.282. The number of hydrogen-bond acceptors (Lipinski definition) is 3. The molecule has 1 aromatic rings. The van der Waals surface area contributed by atoms with E-state index in [-0.39, 0.29) is 6.61 Å². The molecule has 94 valence electrons. The zero-order valence-electron chi connectivity index (χ0n) is 10.8. The van der Waals surface area contributed by atoms with Crippen LogP contribution in [0, 0.1) is 0 Å². The second-order valence-corrected chi connectivity index (χ2v) is 4.97. The lowest BCUT2D eigenvalue weighted by Gasteiger charge is -2.25. The Bertz CT molecular complexity index is 365. The molecule has 1 saturated heterocycles. The van der Waals surface area contributed by atoms with E-state index in [2.05, 4.69) is 48.2 Å².